The maximum absolute atomic E-state index is 11.6. The van der Waals surface area contributed by atoms with Gasteiger partial charge in [-0.25, -0.2) is 9.97 Å². The second-order valence-corrected chi connectivity index (χ2v) is 5.79. The van der Waals surface area contributed by atoms with Gasteiger partial charge >= 0.3 is 0 Å². The molecule has 128 valence electrons. The first-order valence-corrected chi connectivity index (χ1v) is 8.37. The van der Waals surface area contributed by atoms with Crippen molar-refractivity contribution >= 4 is 17.4 Å². The fourth-order valence-electron chi connectivity index (χ4n) is 2.80. The summed E-state index contributed by atoms with van der Waals surface area (Å²) in [4.78, 5) is 22.1. The van der Waals surface area contributed by atoms with Crippen LogP contribution in [0.5, 0.6) is 0 Å². The van der Waals surface area contributed by atoms with Crippen molar-refractivity contribution in [3.8, 4) is 6.07 Å². The van der Waals surface area contributed by atoms with Gasteiger partial charge in [0.1, 0.15) is 11.6 Å². The number of nitrogens with zero attached hydrogens (tertiary/aromatic N) is 4. The van der Waals surface area contributed by atoms with E-state index in [2.05, 4.69) is 26.7 Å². The molecule has 25 heavy (non-hydrogen) atoms. The Morgan fingerprint density at radius 2 is 2.36 bits per heavy atom. The van der Waals surface area contributed by atoms with Gasteiger partial charge in [-0.3, -0.25) is 4.79 Å². The van der Waals surface area contributed by atoms with Crippen LogP contribution >= 0.6 is 0 Å². The number of nitrogens with one attached hydrogen (secondary N) is 2. The fraction of sp³-hybridized carbons (Fsp3) is 0.333. The molecule has 0 spiro atoms. The molecule has 0 aliphatic carbocycles. The minimum atomic E-state index is 0.241. The van der Waals surface area contributed by atoms with E-state index >= 15 is 0 Å². The molecule has 0 atom stereocenters. The SMILES string of the molecule is N#C/C(=C1/C=CC=CN1)c1ccnc(NCCCN2CCCC2=O)n1. The lowest BCUT2D eigenvalue weighted by molar-refractivity contribution is -0.127. The van der Waals surface area contributed by atoms with Crippen LogP contribution in [0.2, 0.25) is 0 Å². The van der Waals surface area contributed by atoms with E-state index in [1.807, 2.05) is 23.1 Å². The van der Waals surface area contributed by atoms with Crippen LogP contribution in [0.4, 0.5) is 5.95 Å². The molecule has 3 rings (SSSR count). The molecule has 2 N–H and O–H groups in total. The van der Waals surface area contributed by atoms with Crippen molar-refractivity contribution in [2.75, 3.05) is 25.0 Å². The average molecular weight is 336 g/mol. The van der Waals surface area contributed by atoms with E-state index in [0.29, 0.717) is 35.9 Å². The lowest BCUT2D eigenvalue weighted by Gasteiger charge is -2.15. The highest BCUT2D eigenvalue weighted by Gasteiger charge is 2.19. The number of allylic oxidation sites excluding steroid dienone is 4. The third-order valence-electron chi connectivity index (χ3n) is 4.06. The van der Waals surface area contributed by atoms with E-state index in [1.54, 1.807) is 18.5 Å². The van der Waals surface area contributed by atoms with Gasteiger partial charge in [-0.05, 0) is 31.1 Å². The lowest BCUT2D eigenvalue weighted by atomic mass is 10.1. The number of hydrogen-bond acceptors (Lipinski definition) is 6. The lowest BCUT2D eigenvalue weighted by Crippen LogP contribution is -2.27. The Hall–Kier alpha value is -3.14. The van der Waals surface area contributed by atoms with Gasteiger partial charge in [0.05, 0.1) is 11.4 Å². The molecule has 0 unspecified atom stereocenters. The molecule has 1 fully saturated rings. The zero-order valence-electron chi connectivity index (χ0n) is 13.9. The van der Waals surface area contributed by atoms with E-state index in [9.17, 15) is 10.1 Å². The zero-order valence-corrected chi connectivity index (χ0v) is 13.9. The van der Waals surface area contributed by atoms with Crippen LogP contribution in [0, 0.1) is 11.3 Å². The molecule has 7 nitrogen and oxygen atoms in total. The number of dihydropyridines is 1. The molecule has 1 aromatic heterocycles. The Kier molecular flexibility index (Phi) is 5.42. The molecule has 3 heterocycles. The number of rotatable bonds is 6. The smallest absolute Gasteiger partial charge is 0.223 e. The van der Waals surface area contributed by atoms with Crippen LogP contribution < -0.4 is 10.6 Å². The summed E-state index contributed by atoms with van der Waals surface area (Å²) in [6.07, 6.45) is 11.4. The van der Waals surface area contributed by atoms with Crippen LogP contribution in [-0.4, -0.2) is 40.4 Å². The molecule has 7 heteroatoms. The molecule has 0 bridgehead atoms. The number of carbonyl (C=O) groups is 1. The molecule has 0 saturated carbocycles. The third-order valence-corrected chi connectivity index (χ3v) is 4.06. The summed E-state index contributed by atoms with van der Waals surface area (Å²) in [6.45, 7) is 2.28. The van der Waals surface area contributed by atoms with Gasteiger partial charge < -0.3 is 15.5 Å². The van der Waals surface area contributed by atoms with E-state index in [4.69, 9.17) is 0 Å². The number of hydrogen-bond donors (Lipinski definition) is 2. The first kappa shape index (κ1) is 16.7. The van der Waals surface area contributed by atoms with Crippen molar-refractivity contribution in [3.05, 3.63) is 48.1 Å². The summed E-state index contributed by atoms with van der Waals surface area (Å²) in [5, 5.41) is 15.7. The summed E-state index contributed by atoms with van der Waals surface area (Å²) in [6, 6.07) is 3.91. The maximum Gasteiger partial charge on any atom is 0.223 e. The predicted octanol–water partition coefficient (Wildman–Crippen LogP) is 1.81. The Morgan fingerprint density at radius 1 is 1.44 bits per heavy atom. The first-order valence-electron chi connectivity index (χ1n) is 8.37. The van der Waals surface area contributed by atoms with E-state index < -0.39 is 0 Å². The fourth-order valence-corrected chi connectivity index (χ4v) is 2.80. The molecular formula is C18H20N6O. The number of aromatic nitrogens is 2. The summed E-state index contributed by atoms with van der Waals surface area (Å²) >= 11 is 0. The first-order chi connectivity index (χ1) is 12.3. The van der Waals surface area contributed by atoms with Crippen LogP contribution in [0.15, 0.2) is 42.4 Å². The highest BCUT2D eigenvalue weighted by molar-refractivity contribution is 5.79. The molecule has 2 aliphatic rings. The van der Waals surface area contributed by atoms with Crippen LogP contribution in [-0.2, 0) is 4.79 Å². The van der Waals surface area contributed by atoms with Crippen molar-refractivity contribution in [1.29, 1.82) is 5.26 Å². The van der Waals surface area contributed by atoms with Crippen molar-refractivity contribution < 1.29 is 4.79 Å². The van der Waals surface area contributed by atoms with Crippen molar-refractivity contribution in [3.63, 3.8) is 0 Å². The van der Waals surface area contributed by atoms with Crippen LogP contribution in [0.3, 0.4) is 0 Å². The Labute approximate surface area is 146 Å². The molecule has 0 radical (unpaired) electrons. The molecule has 0 aromatic carbocycles. The van der Waals surface area contributed by atoms with Crippen LogP contribution in [0.1, 0.15) is 25.0 Å². The highest BCUT2D eigenvalue weighted by Crippen LogP contribution is 2.18. The summed E-state index contributed by atoms with van der Waals surface area (Å²) in [7, 11) is 0. The van der Waals surface area contributed by atoms with Gasteiger partial charge in [0, 0.05) is 38.5 Å². The number of likely N-dealkylation sites (tertiary alicyclic amines) is 1. The van der Waals surface area contributed by atoms with Crippen LogP contribution in [0.25, 0.3) is 5.57 Å². The monoisotopic (exact) mass is 336 g/mol. The highest BCUT2D eigenvalue weighted by atomic mass is 16.2. The van der Waals surface area contributed by atoms with Gasteiger partial charge in [-0.15, -0.1) is 0 Å². The van der Waals surface area contributed by atoms with Crippen molar-refractivity contribution in [2.45, 2.75) is 19.3 Å². The topological polar surface area (TPSA) is 93.9 Å². The second-order valence-electron chi connectivity index (χ2n) is 5.79. The van der Waals surface area contributed by atoms with Crippen molar-refractivity contribution in [1.82, 2.24) is 20.2 Å². The molecular weight excluding hydrogens is 316 g/mol. The third kappa shape index (κ3) is 4.23. The van der Waals surface area contributed by atoms with Gasteiger partial charge in [0.2, 0.25) is 11.9 Å². The molecule has 2 aliphatic heterocycles. The number of amides is 1. The maximum atomic E-state index is 11.6. The zero-order chi connectivity index (χ0) is 17.5. The minimum Gasteiger partial charge on any atom is -0.361 e. The van der Waals surface area contributed by atoms with Gasteiger partial charge in [-0.2, -0.15) is 5.26 Å². The predicted molar refractivity (Wildman–Crippen MR) is 94.9 cm³/mol. The Morgan fingerprint density at radius 3 is 3.08 bits per heavy atom. The summed E-state index contributed by atoms with van der Waals surface area (Å²) in [5.41, 5.74) is 1.74. The Balaban J connectivity index is 1.59. The van der Waals surface area contributed by atoms with Crippen molar-refractivity contribution in [2.24, 2.45) is 0 Å². The molecule has 1 amide bonds. The molecule has 1 saturated heterocycles. The normalized spacial score (nSPS) is 18.0. The Bertz CT molecular complexity index is 774. The summed E-state index contributed by atoms with van der Waals surface area (Å²) < 4.78 is 0. The summed E-state index contributed by atoms with van der Waals surface area (Å²) in [5.74, 6) is 0.722. The number of carbonyl (C=O) groups excluding carboxylic acids is 1. The van der Waals surface area contributed by atoms with Gasteiger partial charge in [-0.1, -0.05) is 6.08 Å². The molecule has 1 aromatic rings. The van der Waals surface area contributed by atoms with E-state index in [0.717, 1.165) is 25.9 Å². The van der Waals surface area contributed by atoms with E-state index in [-0.39, 0.29) is 5.91 Å². The van der Waals surface area contributed by atoms with E-state index in [1.165, 1.54) is 0 Å². The second kappa shape index (κ2) is 8.11. The number of anilines is 1. The standard InChI is InChI=1S/C18H20N6O/c19-13-14(15-5-1-2-8-20-15)16-7-10-22-18(23-16)21-9-4-12-24-11-3-6-17(24)25/h1-2,5,7-8,10,20H,3-4,6,9,11-12H2,(H,21,22,23)/b15-14+. The van der Waals surface area contributed by atoms with Gasteiger partial charge in [0.15, 0.2) is 0 Å². The quantitative estimate of drug-likeness (QED) is 0.608. The minimum absolute atomic E-state index is 0.241. The van der Waals surface area contributed by atoms with Gasteiger partial charge in [0.25, 0.3) is 0 Å². The largest absolute Gasteiger partial charge is 0.361 e. The average Bonchev–Trinajstić information content (AvgIpc) is 3.06. The number of nitriles is 1.